The summed E-state index contributed by atoms with van der Waals surface area (Å²) >= 11 is 0. The predicted octanol–water partition coefficient (Wildman–Crippen LogP) is 4.91. The zero-order valence-corrected chi connectivity index (χ0v) is 24.9. The minimum absolute atomic E-state index is 0.0191. The number of aromatic nitrogens is 5. The van der Waals surface area contributed by atoms with Crippen molar-refractivity contribution >= 4 is 39.9 Å². The number of ether oxygens (including phenoxy) is 1. The van der Waals surface area contributed by atoms with E-state index in [0.29, 0.717) is 48.8 Å². The number of carbonyl (C=O) groups excluding carboxylic acids is 2. The number of pyridine rings is 2. The number of urea groups is 1. The second kappa shape index (κ2) is 10.1. The molecule has 0 unspecified atom stereocenters. The Bertz CT molecular complexity index is 2020. The number of imide groups is 1. The number of rotatable bonds is 8. The van der Waals surface area contributed by atoms with Crippen LogP contribution in [0.4, 0.5) is 16.2 Å². The topological polar surface area (TPSA) is 118 Å². The molecule has 1 aromatic carbocycles. The normalized spacial score (nSPS) is 21.6. The number of hydrogen-bond acceptors (Lipinski definition) is 8. The van der Waals surface area contributed by atoms with Gasteiger partial charge < -0.3 is 14.5 Å². The SMILES string of the molecule is Cc1ccnc([C@H]2C[C@@H]2c2ccc3ccc(NCc4cn5cc(C6CC6)cc(N6CC(=O)N(C7COC7)C6=O)c5n4)cc3n2)n1. The van der Waals surface area contributed by atoms with Gasteiger partial charge in [0.05, 0.1) is 42.7 Å². The highest BCUT2D eigenvalue weighted by atomic mass is 16.5. The minimum atomic E-state index is -0.294. The number of anilines is 2. The third-order valence-corrected chi connectivity index (χ3v) is 9.43. The van der Waals surface area contributed by atoms with E-state index < -0.39 is 0 Å². The summed E-state index contributed by atoms with van der Waals surface area (Å²) in [5.74, 6) is 1.86. The fourth-order valence-corrected chi connectivity index (χ4v) is 6.61. The van der Waals surface area contributed by atoms with Crippen LogP contribution in [0.25, 0.3) is 16.6 Å². The molecule has 11 nitrogen and oxygen atoms in total. The Morgan fingerprint density at radius 2 is 1.84 bits per heavy atom. The molecule has 45 heavy (non-hydrogen) atoms. The first-order chi connectivity index (χ1) is 22.0. The maximum Gasteiger partial charge on any atom is 0.332 e. The lowest BCUT2D eigenvalue weighted by atomic mass is 10.1. The van der Waals surface area contributed by atoms with E-state index in [2.05, 4.69) is 51.8 Å². The van der Waals surface area contributed by atoms with Gasteiger partial charge in [0.15, 0.2) is 5.65 Å². The average Bonchev–Trinajstić information content (AvgIpc) is 3.95. The van der Waals surface area contributed by atoms with Crippen molar-refractivity contribution < 1.29 is 14.3 Å². The summed E-state index contributed by atoms with van der Waals surface area (Å²) < 4.78 is 7.26. The molecule has 2 atom stereocenters. The van der Waals surface area contributed by atoms with Crippen LogP contribution < -0.4 is 10.2 Å². The van der Waals surface area contributed by atoms with Gasteiger partial charge in [0.1, 0.15) is 12.4 Å². The molecule has 9 rings (SSSR count). The lowest BCUT2D eigenvalue weighted by Crippen LogP contribution is -2.52. The van der Waals surface area contributed by atoms with Gasteiger partial charge in [0, 0.05) is 52.9 Å². The van der Waals surface area contributed by atoms with Crippen molar-refractivity contribution in [3.05, 3.63) is 89.5 Å². The Labute approximate surface area is 259 Å². The molecule has 4 aromatic heterocycles. The zero-order chi connectivity index (χ0) is 30.2. The summed E-state index contributed by atoms with van der Waals surface area (Å²) in [5, 5.41) is 4.61. The van der Waals surface area contributed by atoms with Crippen LogP contribution in [0.1, 0.15) is 65.5 Å². The van der Waals surface area contributed by atoms with E-state index in [1.54, 1.807) is 4.90 Å². The third-order valence-electron chi connectivity index (χ3n) is 9.43. The highest BCUT2D eigenvalue weighted by molar-refractivity contribution is 6.13. The molecule has 4 fully saturated rings. The van der Waals surface area contributed by atoms with Gasteiger partial charge in [-0.2, -0.15) is 0 Å². The Morgan fingerprint density at radius 1 is 0.978 bits per heavy atom. The van der Waals surface area contributed by atoms with Gasteiger partial charge in [-0.1, -0.05) is 12.1 Å². The van der Waals surface area contributed by atoms with Crippen molar-refractivity contribution in [1.29, 1.82) is 0 Å². The molecule has 6 heterocycles. The van der Waals surface area contributed by atoms with Crippen molar-refractivity contribution in [2.75, 3.05) is 30.0 Å². The summed E-state index contributed by atoms with van der Waals surface area (Å²) in [6.45, 7) is 3.32. The molecule has 2 saturated heterocycles. The molecule has 4 aliphatic rings. The maximum absolute atomic E-state index is 13.4. The average molecular weight is 601 g/mol. The van der Waals surface area contributed by atoms with Crippen LogP contribution in [-0.2, 0) is 16.1 Å². The molecule has 11 heteroatoms. The van der Waals surface area contributed by atoms with Crippen LogP contribution in [0.3, 0.4) is 0 Å². The van der Waals surface area contributed by atoms with E-state index >= 15 is 0 Å². The van der Waals surface area contributed by atoms with Gasteiger partial charge in [0.25, 0.3) is 5.91 Å². The summed E-state index contributed by atoms with van der Waals surface area (Å²) in [6, 6.07) is 14.0. The first-order valence-corrected chi connectivity index (χ1v) is 15.7. The number of amides is 3. The number of hydrogen-bond donors (Lipinski definition) is 1. The Balaban J connectivity index is 0.961. The molecule has 5 aromatic rings. The minimum Gasteiger partial charge on any atom is -0.379 e. The van der Waals surface area contributed by atoms with Crippen molar-refractivity contribution in [2.45, 2.75) is 56.5 Å². The van der Waals surface area contributed by atoms with Crippen molar-refractivity contribution in [3.8, 4) is 0 Å². The highest BCUT2D eigenvalue weighted by Gasteiger charge is 2.45. The smallest absolute Gasteiger partial charge is 0.332 e. The van der Waals surface area contributed by atoms with Gasteiger partial charge in [-0.3, -0.25) is 19.6 Å². The molecule has 0 bridgehead atoms. The van der Waals surface area contributed by atoms with Crippen LogP contribution >= 0.6 is 0 Å². The second-order valence-electron chi connectivity index (χ2n) is 12.7. The second-order valence-corrected chi connectivity index (χ2v) is 12.7. The van der Waals surface area contributed by atoms with Crippen molar-refractivity contribution in [1.82, 2.24) is 29.2 Å². The van der Waals surface area contributed by atoms with E-state index in [1.807, 2.05) is 35.9 Å². The summed E-state index contributed by atoms with van der Waals surface area (Å²) in [4.78, 5) is 48.3. The molecule has 2 saturated carbocycles. The van der Waals surface area contributed by atoms with Crippen LogP contribution in [-0.4, -0.2) is 67.0 Å². The van der Waals surface area contributed by atoms with Crippen molar-refractivity contribution in [3.63, 3.8) is 0 Å². The van der Waals surface area contributed by atoms with E-state index in [-0.39, 0.29) is 24.5 Å². The molecular weight excluding hydrogens is 568 g/mol. The lowest BCUT2D eigenvalue weighted by molar-refractivity contribution is -0.134. The fourth-order valence-electron chi connectivity index (χ4n) is 6.61. The third kappa shape index (κ3) is 4.69. The molecular formula is C34H32N8O3. The first kappa shape index (κ1) is 26.5. The Morgan fingerprint density at radius 3 is 2.64 bits per heavy atom. The number of fused-ring (bicyclic) bond motifs is 2. The van der Waals surface area contributed by atoms with Gasteiger partial charge in [0.2, 0.25) is 0 Å². The van der Waals surface area contributed by atoms with Crippen LogP contribution in [0, 0.1) is 6.92 Å². The zero-order valence-electron chi connectivity index (χ0n) is 24.9. The summed E-state index contributed by atoms with van der Waals surface area (Å²) in [7, 11) is 0. The number of carbonyl (C=O) groups is 2. The Hall–Kier alpha value is -4.90. The molecule has 3 amide bonds. The fraction of sp³-hybridized carbons (Fsp3) is 0.353. The quantitative estimate of drug-likeness (QED) is 0.250. The molecule has 1 N–H and O–H groups in total. The molecule has 226 valence electrons. The molecule has 2 aliphatic heterocycles. The van der Waals surface area contributed by atoms with Gasteiger partial charge >= 0.3 is 6.03 Å². The maximum atomic E-state index is 13.4. The van der Waals surface area contributed by atoms with E-state index in [4.69, 9.17) is 14.7 Å². The lowest BCUT2D eigenvalue weighted by Gasteiger charge is -2.32. The van der Waals surface area contributed by atoms with Gasteiger partial charge in [-0.15, -0.1) is 0 Å². The predicted molar refractivity (Wildman–Crippen MR) is 167 cm³/mol. The number of benzene rings is 1. The first-order valence-electron chi connectivity index (χ1n) is 15.7. The van der Waals surface area contributed by atoms with Crippen LogP contribution in [0.2, 0.25) is 0 Å². The highest BCUT2D eigenvalue weighted by Crippen LogP contribution is 2.53. The number of aryl methyl sites for hydroxylation is 1. The van der Waals surface area contributed by atoms with E-state index in [0.717, 1.165) is 58.8 Å². The Kier molecular flexibility index (Phi) is 5.93. The summed E-state index contributed by atoms with van der Waals surface area (Å²) in [6.07, 6.45) is 9.23. The van der Waals surface area contributed by atoms with Gasteiger partial charge in [-0.25, -0.2) is 19.7 Å². The van der Waals surface area contributed by atoms with Gasteiger partial charge in [-0.05, 0) is 68.0 Å². The standard InChI is InChI=1S/C34H32N8O3/c1-19-8-9-35-32(37-19)27-12-26(27)28-7-5-21-4-6-23(11-29(21)39-28)36-13-24-15-40-14-22(20-2-3-20)10-30(33(40)38-24)41-16-31(43)42(34(41)44)25-17-45-18-25/h4-11,14-15,20,25-27,36H,2-3,12-13,16-18H2,1H3/t26-,27-/m0/s1. The number of nitrogens with zero attached hydrogens (tertiary/aromatic N) is 7. The van der Waals surface area contributed by atoms with Crippen LogP contribution in [0.15, 0.2) is 61.1 Å². The van der Waals surface area contributed by atoms with E-state index in [1.165, 1.54) is 10.5 Å². The molecule has 0 spiro atoms. The number of imidazole rings is 1. The van der Waals surface area contributed by atoms with Crippen molar-refractivity contribution in [2.24, 2.45) is 0 Å². The molecule has 2 aliphatic carbocycles. The summed E-state index contributed by atoms with van der Waals surface area (Å²) in [5.41, 5.74) is 7.33. The largest absolute Gasteiger partial charge is 0.379 e. The van der Waals surface area contributed by atoms with Crippen LogP contribution in [0.5, 0.6) is 0 Å². The monoisotopic (exact) mass is 600 g/mol. The van der Waals surface area contributed by atoms with E-state index in [9.17, 15) is 9.59 Å². The molecule has 0 radical (unpaired) electrons. The number of nitrogens with one attached hydrogen (secondary N) is 1.